The van der Waals surface area contributed by atoms with E-state index in [1.54, 1.807) is 14.2 Å². The number of nitrogens with two attached hydrogens (primary N) is 1. The third-order valence-electron chi connectivity index (χ3n) is 4.90. The highest BCUT2D eigenvalue weighted by Gasteiger charge is 2.19. The van der Waals surface area contributed by atoms with Crippen molar-refractivity contribution >= 4 is 29.9 Å². The molecule has 0 aromatic heterocycles. The molecule has 0 aliphatic carbocycles. The number of hydrogen-bond acceptors (Lipinski definition) is 5. The normalized spacial score (nSPS) is 16.1. The number of likely N-dealkylation sites (tertiary alicyclic amines) is 1. The number of guanidine groups is 1. The second-order valence-corrected chi connectivity index (χ2v) is 6.85. The molecule has 0 radical (unpaired) electrons. The van der Waals surface area contributed by atoms with E-state index in [0.717, 1.165) is 31.7 Å². The summed E-state index contributed by atoms with van der Waals surface area (Å²) in [6.07, 6.45) is 2.46. The van der Waals surface area contributed by atoms with Crippen LogP contribution in [-0.4, -0.2) is 76.3 Å². The Hall–Kier alpha value is -1.26. The summed E-state index contributed by atoms with van der Waals surface area (Å²) in [4.78, 5) is 9.21. The lowest BCUT2D eigenvalue weighted by molar-refractivity contribution is 0.147. The van der Waals surface area contributed by atoms with Gasteiger partial charge in [-0.1, -0.05) is 6.07 Å². The molecule has 7 nitrogen and oxygen atoms in total. The van der Waals surface area contributed by atoms with Crippen LogP contribution in [0.15, 0.2) is 23.2 Å². The van der Waals surface area contributed by atoms with E-state index in [4.69, 9.17) is 15.2 Å². The Labute approximate surface area is 180 Å². The zero-order valence-corrected chi connectivity index (χ0v) is 19.2. The molecule has 0 atom stereocenters. The summed E-state index contributed by atoms with van der Waals surface area (Å²) in [6, 6.07) is 6.48. The topological polar surface area (TPSA) is 75.4 Å². The minimum atomic E-state index is 0. The maximum absolute atomic E-state index is 5.98. The summed E-state index contributed by atoms with van der Waals surface area (Å²) in [5.74, 6) is 1.89. The molecule has 0 bridgehead atoms. The second kappa shape index (κ2) is 12.2. The minimum absolute atomic E-state index is 0. The third-order valence-corrected chi connectivity index (χ3v) is 4.90. The zero-order chi connectivity index (χ0) is 18.9. The maximum atomic E-state index is 5.98. The van der Waals surface area contributed by atoms with Gasteiger partial charge < -0.3 is 30.3 Å². The van der Waals surface area contributed by atoms with Gasteiger partial charge in [0, 0.05) is 19.1 Å². The van der Waals surface area contributed by atoms with E-state index in [1.807, 2.05) is 18.2 Å². The predicted molar refractivity (Wildman–Crippen MR) is 121 cm³/mol. The Morgan fingerprint density at radius 3 is 2.48 bits per heavy atom. The first-order valence-corrected chi connectivity index (χ1v) is 9.17. The average molecular weight is 491 g/mol. The van der Waals surface area contributed by atoms with Crippen molar-refractivity contribution in [1.29, 1.82) is 0 Å². The van der Waals surface area contributed by atoms with E-state index in [0.29, 0.717) is 30.0 Å². The van der Waals surface area contributed by atoms with Crippen molar-refractivity contribution in [3.63, 3.8) is 0 Å². The van der Waals surface area contributed by atoms with E-state index in [2.05, 4.69) is 34.2 Å². The van der Waals surface area contributed by atoms with Crippen molar-refractivity contribution in [2.75, 3.05) is 54.5 Å². The number of methoxy groups -OCH3 is 2. The number of hydrogen-bond donors (Lipinski definition) is 2. The number of nitrogens with one attached hydrogen (secondary N) is 1. The highest BCUT2D eigenvalue weighted by Crippen LogP contribution is 2.27. The average Bonchev–Trinajstić information content (AvgIpc) is 2.66. The van der Waals surface area contributed by atoms with Gasteiger partial charge >= 0.3 is 0 Å². The molecule has 3 N–H and O–H groups in total. The van der Waals surface area contributed by atoms with Crippen LogP contribution in [0.2, 0.25) is 0 Å². The Bertz CT molecular complexity index is 589. The zero-order valence-electron chi connectivity index (χ0n) is 16.9. The molecular weight excluding hydrogens is 457 g/mol. The van der Waals surface area contributed by atoms with Gasteiger partial charge in [0.25, 0.3) is 0 Å². The lowest BCUT2D eigenvalue weighted by atomic mass is 10.0. The Balaban J connectivity index is 0.00000364. The van der Waals surface area contributed by atoms with Crippen molar-refractivity contribution in [2.24, 2.45) is 10.7 Å². The van der Waals surface area contributed by atoms with Crippen LogP contribution in [0.25, 0.3) is 0 Å². The van der Waals surface area contributed by atoms with E-state index in [-0.39, 0.29) is 24.0 Å². The van der Waals surface area contributed by atoms with Gasteiger partial charge in [-0.05, 0) is 57.7 Å². The number of ether oxygens (including phenoxy) is 2. The van der Waals surface area contributed by atoms with Gasteiger partial charge in [-0.2, -0.15) is 0 Å². The SMILES string of the molecule is COc1ccc(CN=C(N)NCCN2CCC(N(C)C)CC2)cc1OC.I. The molecule has 1 aliphatic heterocycles. The van der Waals surface area contributed by atoms with Gasteiger partial charge in [0.1, 0.15) is 0 Å². The molecule has 0 amide bonds. The summed E-state index contributed by atoms with van der Waals surface area (Å²) < 4.78 is 10.6. The Morgan fingerprint density at radius 1 is 1.22 bits per heavy atom. The van der Waals surface area contributed by atoms with Gasteiger partial charge in [-0.3, -0.25) is 0 Å². The molecule has 8 heteroatoms. The second-order valence-electron chi connectivity index (χ2n) is 6.85. The van der Waals surface area contributed by atoms with Gasteiger partial charge in [-0.25, -0.2) is 4.99 Å². The van der Waals surface area contributed by atoms with E-state index < -0.39 is 0 Å². The van der Waals surface area contributed by atoms with Crippen molar-refractivity contribution in [1.82, 2.24) is 15.1 Å². The Morgan fingerprint density at radius 2 is 1.89 bits per heavy atom. The monoisotopic (exact) mass is 491 g/mol. The number of benzene rings is 1. The first-order valence-electron chi connectivity index (χ1n) is 9.17. The first-order chi connectivity index (χ1) is 12.5. The molecule has 27 heavy (non-hydrogen) atoms. The number of piperidine rings is 1. The molecular formula is C19H34IN5O2. The van der Waals surface area contributed by atoms with E-state index in [1.165, 1.54) is 12.8 Å². The fraction of sp³-hybridized carbons (Fsp3) is 0.632. The highest BCUT2D eigenvalue weighted by atomic mass is 127. The minimum Gasteiger partial charge on any atom is -0.493 e. The molecule has 1 fully saturated rings. The predicted octanol–water partition coefficient (Wildman–Crippen LogP) is 1.75. The summed E-state index contributed by atoms with van der Waals surface area (Å²) in [5.41, 5.74) is 7.01. The molecule has 0 spiro atoms. The summed E-state index contributed by atoms with van der Waals surface area (Å²) in [6.45, 7) is 4.61. The van der Waals surface area contributed by atoms with Crippen molar-refractivity contribution in [3.8, 4) is 11.5 Å². The molecule has 1 aliphatic rings. The Kier molecular flexibility index (Phi) is 10.8. The number of halogens is 1. The van der Waals surface area contributed by atoms with Gasteiger partial charge in [-0.15, -0.1) is 24.0 Å². The highest BCUT2D eigenvalue weighted by molar-refractivity contribution is 14.0. The lowest BCUT2D eigenvalue weighted by Gasteiger charge is -2.35. The smallest absolute Gasteiger partial charge is 0.188 e. The van der Waals surface area contributed by atoms with Crippen LogP contribution in [0, 0.1) is 0 Å². The van der Waals surface area contributed by atoms with Crippen LogP contribution in [0.1, 0.15) is 18.4 Å². The standard InChI is InChI=1S/C19H33N5O2.HI/c1-23(2)16-7-10-24(11-8-16)12-9-21-19(20)22-14-15-5-6-17(25-3)18(13-15)26-4;/h5-6,13,16H,7-12,14H2,1-4H3,(H3,20,21,22);1H. The lowest BCUT2D eigenvalue weighted by Crippen LogP contribution is -2.45. The number of rotatable bonds is 8. The quantitative estimate of drug-likeness (QED) is 0.328. The molecule has 1 aromatic carbocycles. The fourth-order valence-electron chi connectivity index (χ4n) is 3.21. The molecule has 1 saturated heterocycles. The van der Waals surface area contributed by atoms with Crippen LogP contribution in [0.5, 0.6) is 11.5 Å². The maximum Gasteiger partial charge on any atom is 0.188 e. The van der Waals surface area contributed by atoms with Gasteiger partial charge in [0.2, 0.25) is 0 Å². The van der Waals surface area contributed by atoms with E-state index >= 15 is 0 Å². The third kappa shape index (κ3) is 7.71. The molecule has 154 valence electrons. The van der Waals surface area contributed by atoms with Crippen molar-refractivity contribution < 1.29 is 9.47 Å². The van der Waals surface area contributed by atoms with Gasteiger partial charge in [0.05, 0.1) is 20.8 Å². The fourth-order valence-corrected chi connectivity index (χ4v) is 3.21. The van der Waals surface area contributed by atoms with Crippen LogP contribution in [0.3, 0.4) is 0 Å². The number of aliphatic imine (C=N–C) groups is 1. The van der Waals surface area contributed by atoms with Crippen molar-refractivity contribution in [2.45, 2.75) is 25.4 Å². The van der Waals surface area contributed by atoms with E-state index in [9.17, 15) is 0 Å². The summed E-state index contributed by atoms with van der Waals surface area (Å²) in [5, 5.41) is 3.21. The van der Waals surface area contributed by atoms with Crippen LogP contribution in [-0.2, 0) is 6.54 Å². The molecule has 1 heterocycles. The van der Waals surface area contributed by atoms with Crippen LogP contribution >= 0.6 is 24.0 Å². The summed E-state index contributed by atoms with van der Waals surface area (Å²) >= 11 is 0. The van der Waals surface area contributed by atoms with Crippen molar-refractivity contribution in [3.05, 3.63) is 23.8 Å². The molecule has 2 rings (SSSR count). The van der Waals surface area contributed by atoms with Crippen LogP contribution < -0.4 is 20.5 Å². The molecule has 0 saturated carbocycles. The van der Waals surface area contributed by atoms with Crippen LogP contribution in [0.4, 0.5) is 0 Å². The first kappa shape index (κ1) is 23.8. The largest absolute Gasteiger partial charge is 0.493 e. The molecule has 0 unspecified atom stereocenters. The number of nitrogens with zero attached hydrogens (tertiary/aromatic N) is 3. The van der Waals surface area contributed by atoms with Gasteiger partial charge in [0.15, 0.2) is 17.5 Å². The molecule has 1 aromatic rings. The summed E-state index contributed by atoms with van der Waals surface area (Å²) in [7, 11) is 7.58.